The van der Waals surface area contributed by atoms with Crippen molar-refractivity contribution in [3.63, 3.8) is 0 Å². The Labute approximate surface area is 145 Å². The van der Waals surface area contributed by atoms with Crippen molar-refractivity contribution in [1.82, 2.24) is 10.6 Å². The topological polar surface area (TPSA) is 45.6 Å². The Bertz CT molecular complexity index is 404. The molecule has 0 aromatic heterocycles. The monoisotopic (exact) mass is 405 g/mol. The highest BCUT2D eigenvalue weighted by Crippen LogP contribution is 2.05. The van der Waals surface area contributed by atoms with E-state index in [1.54, 1.807) is 7.05 Å². The lowest BCUT2D eigenvalue weighted by Gasteiger charge is -2.13. The van der Waals surface area contributed by atoms with Gasteiger partial charge in [0.15, 0.2) is 5.96 Å². The molecular weight excluding hydrogens is 377 g/mol. The van der Waals surface area contributed by atoms with E-state index in [0.29, 0.717) is 12.5 Å². The summed E-state index contributed by atoms with van der Waals surface area (Å²) < 4.78 is 5.38. The van der Waals surface area contributed by atoms with Gasteiger partial charge in [-0.15, -0.1) is 24.0 Å². The predicted molar refractivity (Wildman–Crippen MR) is 100 cm³/mol. The van der Waals surface area contributed by atoms with E-state index in [4.69, 9.17) is 4.74 Å². The van der Waals surface area contributed by atoms with E-state index in [9.17, 15) is 0 Å². The zero-order valence-corrected chi connectivity index (χ0v) is 15.8. The van der Waals surface area contributed by atoms with E-state index in [0.717, 1.165) is 25.7 Å². The molecule has 1 rings (SSSR count). The summed E-state index contributed by atoms with van der Waals surface area (Å²) in [4.78, 5) is 4.21. The molecule has 0 aliphatic heterocycles. The quantitative estimate of drug-likeness (QED) is 0.416. The van der Waals surface area contributed by atoms with Gasteiger partial charge in [0.2, 0.25) is 0 Å². The molecule has 5 heteroatoms. The molecule has 0 heterocycles. The van der Waals surface area contributed by atoms with Gasteiger partial charge in [-0.2, -0.15) is 0 Å². The van der Waals surface area contributed by atoms with Gasteiger partial charge in [-0.3, -0.25) is 4.99 Å². The van der Waals surface area contributed by atoms with Crippen molar-refractivity contribution in [2.45, 2.75) is 33.9 Å². The molecule has 120 valence electrons. The third kappa shape index (κ3) is 8.93. The lowest BCUT2D eigenvalue weighted by Crippen LogP contribution is -2.38. The summed E-state index contributed by atoms with van der Waals surface area (Å²) in [7, 11) is 1.79. The number of nitrogens with zero attached hydrogens (tertiary/aromatic N) is 1. The van der Waals surface area contributed by atoms with Crippen molar-refractivity contribution < 1.29 is 4.74 Å². The van der Waals surface area contributed by atoms with Gasteiger partial charge < -0.3 is 15.4 Å². The normalized spacial score (nSPS) is 11.2. The third-order valence-electron chi connectivity index (χ3n) is 2.86. The number of hydrogen-bond acceptors (Lipinski definition) is 2. The Kier molecular flexibility index (Phi) is 11.3. The van der Waals surface area contributed by atoms with Crippen molar-refractivity contribution in [1.29, 1.82) is 0 Å². The van der Waals surface area contributed by atoms with Crippen LogP contribution in [0.5, 0.6) is 0 Å². The molecule has 4 nitrogen and oxygen atoms in total. The zero-order valence-electron chi connectivity index (χ0n) is 13.5. The molecule has 0 atom stereocenters. The van der Waals surface area contributed by atoms with Gasteiger partial charge in [0.05, 0.1) is 6.61 Å². The average molecular weight is 405 g/mol. The number of nitrogens with one attached hydrogen (secondary N) is 2. The zero-order chi connectivity index (χ0) is 14.8. The van der Waals surface area contributed by atoms with Crippen LogP contribution >= 0.6 is 24.0 Å². The average Bonchev–Trinajstić information content (AvgIpc) is 2.46. The minimum absolute atomic E-state index is 0. The molecule has 0 fully saturated rings. The van der Waals surface area contributed by atoms with Crippen molar-refractivity contribution in [3.8, 4) is 0 Å². The van der Waals surface area contributed by atoms with E-state index in [-0.39, 0.29) is 24.0 Å². The summed E-state index contributed by atoms with van der Waals surface area (Å²) >= 11 is 0. The first-order valence-corrected chi connectivity index (χ1v) is 7.25. The molecule has 0 bridgehead atoms. The maximum Gasteiger partial charge on any atom is 0.191 e. The van der Waals surface area contributed by atoms with Gasteiger partial charge in [-0.1, -0.05) is 38.1 Å². The van der Waals surface area contributed by atoms with Crippen LogP contribution in [0.2, 0.25) is 0 Å². The highest BCUT2D eigenvalue weighted by molar-refractivity contribution is 14.0. The van der Waals surface area contributed by atoms with Crippen LogP contribution in [0.25, 0.3) is 0 Å². The molecule has 1 aromatic rings. The Hall–Kier alpha value is -0.820. The lowest BCUT2D eigenvalue weighted by molar-refractivity contribution is 0.134. The van der Waals surface area contributed by atoms with Crippen LogP contribution in [-0.2, 0) is 17.9 Å². The Morgan fingerprint density at radius 2 is 1.76 bits per heavy atom. The lowest BCUT2D eigenvalue weighted by atomic mass is 10.1. The Morgan fingerprint density at radius 1 is 1.14 bits per heavy atom. The molecule has 0 saturated heterocycles. The first kappa shape index (κ1) is 20.2. The largest absolute Gasteiger partial charge is 0.377 e. The Morgan fingerprint density at radius 3 is 2.29 bits per heavy atom. The van der Waals surface area contributed by atoms with Crippen LogP contribution < -0.4 is 10.6 Å². The van der Waals surface area contributed by atoms with Crippen LogP contribution in [0.3, 0.4) is 0 Å². The minimum Gasteiger partial charge on any atom is -0.377 e. The standard InChI is InChI=1S/C16H27N3O.HI/c1-5-20-12-15-8-6-14(7-9-15)11-19-16(17-4)18-10-13(2)3;/h6-9,13H,5,10-12H2,1-4H3,(H2,17,18,19);1H. The fourth-order valence-corrected chi connectivity index (χ4v) is 1.68. The van der Waals surface area contributed by atoms with E-state index in [1.807, 2.05) is 6.92 Å². The first-order chi connectivity index (χ1) is 9.65. The third-order valence-corrected chi connectivity index (χ3v) is 2.86. The molecule has 0 aliphatic carbocycles. The van der Waals surface area contributed by atoms with E-state index < -0.39 is 0 Å². The van der Waals surface area contributed by atoms with E-state index >= 15 is 0 Å². The second kappa shape index (κ2) is 11.8. The van der Waals surface area contributed by atoms with E-state index in [1.165, 1.54) is 11.1 Å². The molecule has 0 radical (unpaired) electrons. The highest BCUT2D eigenvalue weighted by atomic mass is 127. The summed E-state index contributed by atoms with van der Waals surface area (Å²) in [5.41, 5.74) is 2.44. The second-order valence-corrected chi connectivity index (χ2v) is 5.15. The molecule has 0 spiro atoms. The predicted octanol–water partition coefficient (Wildman–Crippen LogP) is 3.16. The van der Waals surface area contributed by atoms with Crippen LogP contribution in [0.4, 0.5) is 0 Å². The van der Waals surface area contributed by atoms with Gasteiger partial charge in [0.25, 0.3) is 0 Å². The molecule has 0 unspecified atom stereocenters. The Balaban J connectivity index is 0.00000400. The smallest absolute Gasteiger partial charge is 0.191 e. The van der Waals surface area contributed by atoms with Gasteiger partial charge in [-0.05, 0) is 24.0 Å². The van der Waals surface area contributed by atoms with Crippen LogP contribution in [0.15, 0.2) is 29.3 Å². The first-order valence-electron chi connectivity index (χ1n) is 7.25. The van der Waals surface area contributed by atoms with Gasteiger partial charge in [0.1, 0.15) is 0 Å². The molecule has 0 aliphatic rings. The highest BCUT2D eigenvalue weighted by Gasteiger charge is 2.00. The van der Waals surface area contributed by atoms with Crippen molar-refractivity contribution >= 4 is 29.9 Å². The number of rotatable bonds is 7. The molecule has 1 aromatic carbocycles. The van der Waals surface area contributed by atoms with Crippen molar-refractivity contribution in [2.75, 3.05) is 20.2 Å². The van der Waals surface area contributed by atoms with Crippen LogP contribution in [0.1, 0.15) is 31.9 Å². The SMILES string of the molecule is CCOCc1ccc(CNC(=NC)NCC(C)C)cc1.I. The second-order valence-electron chi connectivity index (χ2n) is 5.15. The van der Waals surface area contributed by atoms with Gasteiger partial charge in [0, 0.05) is 26.7 Å². The van der Waals surface area contributed by atoms with Gasteiger partial charge in [-0.25, -0.2) is 0 Å². The number of aliphatic imine (C=N–C) groups is 1. The minimum atomic E-state index is 0. The van der Waals surface area contributed by atoms with Crippen molar-refractivity contribution in [2.24, 2.45) is 10.9 Å². The molecule has 0 saturated carbocycles. The summed E-state index contributed by atoms with van der Waals surface area (Å²) in [6, 6.07) is 8.46. The molecule has 2 N–H and O–H groups in total. The van der Waals surface area contributed by atoms with Gasteiger partial charge >= 0.3 is 0 Å². The number of halogens is 1. The number of ether oxygens (including phenoxy) is 1. The summed E-state index contributed by atoms with van der Waals surface area (Å²) in [6.07, 6.45) is 0. The maximum absolute atomic E-state index is 5.38. The number of hydrogen-bond donors (Lipinski definition) is 2. The summed E-state index contributed by atoms with van der Waals surface area (Å²) in [5.74, 6) is 1.45. The van der Waals surface area contributed by atoms with E-state index in [2.05, 4.69) is 53.7 Å². The van der Waals surface area contributed by atoms with Crippen LogP contribution in [-0.4, -0.2) is 26.2 Å². The molecule has 21 heavy (non-hydrogen) atoms. The maximum atomic E-state index is 5.38. The molecular formula is C16H28IN3O. The fraction of sp³-hybridized carbons (Fsp3) is 0.562. The fourth-order valence-electron chi connectivity index (χ4n) is 1.68. The number of benzene rings is 1. The number of guanidine groups is 1. The summed E-state index contributed by atoms with van der Waals surface area (Å²) in [6.45, 7) is 9.49. The van der Waals surface area contributed by atoms with Crippen molar-refractivity contribution in [3.05, 3.63) is 35.4 Å². The van der Waals surface area contributed by atoms with Crippen LogP contribution in [0, 0.1) is 5.92 Å². The summed E-state index contributed by atoms with van der Waals surface area (Å²) in [5, 5.41) is 6.61. The molecule has 0 amide bonds.